The molecule has 0 fully saturated rings. The topological polar surface area (TPSA) is 47.9 Å². The van der Waals surface area contributed by atoms with Crippen molar-refractivity contribution in [3.63, 3.8) is 0 Å². The van der Waals surface area contributed by atoms with Gasteiger partial charge in [0, 0.05) is 0 Å². The van der Waals surface area contributed by atoms with Crippen LogP contribution in [-0.2, 0) is 15.0 Å². The Balaban J connectivity index is 4.21. The van der Waals surface area contributed by atoms with Crippen LogP contribution in [0.2, 0.25) is 0 Å². The van der Waals surface area contributed by atoms with Gasteiger partial charge in [-0.05, 0) is 29.3 Å². The number of rotatable bonds is 17. The number of hydrogen-bond donors (Lipinski definition) is 1. The van der Waals surface area contributed by atoms with E-state index in [0.29, 0.717) is 0 Å². The summed E-state index contributed by atoms with van der Waals surface area (Å²) in [5.41, 5.74) is -0.307. The maximum absolute atomic E-state index is 8.43. The molecule has 0 saturated heterocycles. The summed E-state index contributed by atoms with van der Waals surface area (Å²) in [6.45, 7) is 6.61. The van der Waals surface area contributed by atoms with Crippen LogP contribution in [-0.4, -0.2) is 10.9 Å². The Morgan fingerprint density at radius 3 is 1.59 bits per heavy atom. The van der Waals surface area contributed by atoms with E-state index in [2.05, 4.69) is 30.8 Å². The molecule has 0 atom stereocenters. The van der Waals surface area contributed by atoms with Crippen LogP contribution < -0.4 is 0 Å². The lowest BCUT2D eigenvalue weighted by atomic mass is 9.85. The molecule has 0 aromatic heterocycles. The molecule has 0 aliphatic rings. The Morgan fingerprint density at radius 1 is 0.636 bits per heavy atom. The normalized spacial score (nSPS) is 12.0. The summed E-state index contributed by atoms with van der Waals surface area (Å²) >= 11 is 0. The van der Waals surface area contributed by atoms with Crippen LogP contribution in [0.5, 0.6) is 0 Å². The number of unbranched alkanes of at least 4 members (excludes halogenated alkanes) is 8. The maximum Gasteiger partial charge on any atom is 0.107 e. The van der Waals surface area contributed by atoms with E-state index in [4.69, 9.17) is 10.1 Å². The summed E-state index contributed by atoms with van der Waals surface area (Å²) < 4.78 is 0. The van der Waals surface area contributed by atoms with E-state index >= 15 is 0 Å². The van der Waals surface area contributed by atoms with E-state index in [1.165, 1.54) is 38.5 Å². The summed E-state index contributed by atoms with van der Waals surface area (Å²) in [6, 6.07) is 0. The van der Waals surface area contributed by atoms with Gasteiger partial charge in [-0.3, -0.25) is 0 Å². The van der Waals surface area contributed by atoms with Crippen molar-refractivity contribution in [2.75, 3.05) is 0 Å². The Hall–Kier alpha value is -0.160. The van der Waals surface area contributed by atoms with Gasteiger partial charge in [-0.15, -0.1) is 0 Å². The molecule has 1 N–H and O–H groups in total. The summed E-state index contributed by atoms with van der Waals surface area (Å²) in [4.78, 5) is 5.46. The highest BCUT2D eigenvalue weighted by Gasteiger charge is 2.31. The van der Waals surface area contributed by atoms with Crippen LogP contribution in [0, 0.1) is 0 Å². The Bertz CT molecular complexity index is 199. The molecular formula is C18H38O4. The Kier molecular flexibility index (Phi) is 15.6. The smallest absolute Gasteiger partial charge is 0.107 e. The van der Waals surface area contributed by atoms with E-state index in [0.717, 1.165) is 51.4 Å². The minimum atomic E-state index is -0.307. The van der Waals surface area contributed by atoms with Crippen LogP contribution in [0.15, 0.2) is 0 Å². The molecule has 0 spiro atoms. The van der Waals surface area contributed by atoms with Crippen LogP contribution in [0.25, 0.3) is 0 Å². The largest absolute Gasteiger partial charge is 0.219 e. The van der Waals surface area contributed by atoms with Crippen molar-refractivity contribution >= 4 is 0 Å². The molecule has 4 nitrogen and oxygen atoms in total. The van der Waals surface area contributed by atoms with Crippen LogP contribution in [0.1, 0.15) is 111 Å². The highest BCUT2D eigenvalue weighted by molar-refractivity contribution is 4.79. The summed E-state index contributed by atoms with van der Waals surface area (Å²) in [7, 11) is 0. The van der Waals surface area contributed by atoms with Gasteiger partial charge in [-0.25, -0.2) is 5.26 Å². The third kappa shape index (κ3) is 11.4. The van der Waals surface area contributed by atoms with Gasteiger partial charge in [0.05, 0.1) is 0 Å². The Labute approximate surface area is 137 Å². The third-order valence-corrected chi connectivity index (χ3v) is 4.45. The fraction of sp³-hybridized carbons (Fsp3) is 1.00. The van der Waals surface area contributed by atoms with Gasteiger partial charge in [-0.2, -0.15) is 4.89 Å². The standard InChI is InChI=1S/C18H38O4/c1-4-7-10-11-12-13-14-17-18(15-8-5-2,16-9-6-3)20-22-21-19/h19H,4-17H2,1-3H3. The van der Waals surface area contributed by atoms with E-state index in [1.807, 2.05) is 0 Å². The monoisotopic (exact) mass is 318 g/mol. The summed E-state index contributed by atoms with van der Waals surface area (Å²) in [5, 5.41) is 16.6. The molecule has 0 unspecified atom stereocenters. The highest BCUT2D eigenvalue weighted by atomic mass is 17.6. The van der Waals surface area contributed by atoms with E-state index < -0.39 is 0 Å². The second kappa shape index (κ2) is 15.7. The fourth-order valence-corrected chi connectivity index (χ4v) is 2.99. The molecule has 0 aromatic rings. The van der Waals surface area contributed by atoms with Gasteiger partial charge in [0.1, 0.15) is 5.60 Å². The van der Waals surface area contributed by atoms with E-state index in [1.54, 1.807) is 0 Å². The first-order valence-electron chi connectivity index (χ1n) is 9.40. The number of hydrogen-bond acceptors (Lipinski definition) is 4. The van der Waals surface area contributed by atoms with Crippen LogP contribution in [0.3, 0.4) is 0 Å². The molecule has 4 heteroatoms. The van der Waals surface area contributed by atoms with Gasteiger partial charge in [0.15, 0.2) is 0 Å². The highest BCUT2D eigenvalue weighted by Crippen LogP contribution is 2.32. The predicted molar refractivity (Wildman–Crippen MR) is 90.3 cm³/mol. The maximum atomic E-state index is 8.43. The zero-order valence-electron chi connectivity index (χ0n) is 15.1. The quantitative estimate of drug-likeness (QED) is 0.186. The molecule has 0 rings (SSSR count). The molecule has 0 aliphatic heterocycles. The van der Waals surface area contributed by atoms with Crippen molar-refractivity contribution < 1.29 is 20.2 Å². The molecule has 0 radical (unpaired) electrons. The lowest BCUT2D eigenvalue weighted by Gasteiger charge is -2.31. The minimum Gasteiger partial charge on any atom is -0.219 e. The van der Waals surface area contributed by atoms with Crippen molar-refractivity contribution in [1.29, 1.82) is 0 Å². The van der Waals surface area contributed by atoms with Crippen LogP contribution in [0.4, 0.5) is 0 Å². The lowest BCUT2D eigenvalue weighted by Crippen LogP contribution is -2.33. The second-order valence-corrected chi connectivity index (χ2v) is 6.49. The fourth-order valence-electron chi connectivity index (χ4n) is 2.99. The lowest BCUT2D eigenvalue weighted by molar-refractivity contribution is -0.643. The van der Waals surface area contributed by atoms with Crippen LogP contribution >= 0.6 is 0 Å². The zero-order chi connectivity index (χ0) is 16.5. The molecular weight excluding hydrogens is 280 g/mol. The average molecular weight is 318 g/mol. The first-order chi connectivity index (χ1) is 10.7. The van der Waals surface area contributed by atoms with Crippen molar-refractivity contribution in [1.82, 2.24) is 0 Å². The molecule has 22 heavy (non-hydrogen) atoms. The summed E-state index contributed by atoms with van der Waals surface area (Å²) in [6.07, 6.45) is 16.4. The van der Waals surface area contributed by atoms with E-state index in [-0.39, 0.29) is 5.60 Å². The Morgan fingerprint density at radius 2 is 1.09 bits per heavy atom. The first kappa shape index (κ1) is 21.8. The zero-order valence-corrected chi connectivity index (χ0v) is 15.1. The van der Waals surface area contributed by atoms with Gasteiger partial charge in [-0.1, -0.05) is 91.4 Å². The first-order valence-corrected chi connectivity index (χ1v) is 9.40. The average Bonchev–Trinajstić information content (AvgIpc) is 2.55. The molecule has 0 aliphatic carbocycles. The van der Waals surface area contributed by atoms with Crippen molar-refractivity contribution in [3.8, 4) is 0 Å². The minimum absolute atomic E-state index is 0.307. The SMILES string of the molecule is CCCCCCCCCC(CCCC)(CCCC)OOOO. The van der Waals surface area contributed by atoms with Crippen molar-refractivity contribution in [2.45, 2.75) is 116 Å². The van der Waals surface area contributed by atoms with E-state index in [9.17, 15) is 0 Å². The second-order valence-electron chi connectivity index (χ2n) is 6.49. The van der Waals surface area contributed by atoms with Crippen molar-refractivity contribution in [3.05, 3.63) is 0 Å². The van der Waals surface area contributed by atoms with Crippen molar-refractivity contribution in [2.24, 2.45) is 0 Å². The third-order valence-electron chi connectivity index (χ3n) is 4.45. The summed E-state index contributed by atoms with van der Waals surface area (Å²) in [5.74, 6) is 0. The molecule has 0 saturated carbocycles. The predicted octanol–water partition coefficient (Wildman–Crippen LogP) is 6.60. The van der Waals surface area contributed by atoms with Gasteiger partial charge in [0.2, 0.25) is 0 Å². The molecule has 134 valence electrons. The molecule has 0 aromatic carbocycles. The van der Waals surface area contributed by atoms with Gasteiger partial charge in [0.25, 0.3) is 0 Å². The van der Waals surface area contributed by atoms with Gasteiger partial charge < -0.3 is 0 Å². The molecule has 0 amide bonds. The molecule has 0 bridgehead atoms. The van der Waals surface area contributed by atoms with Gasteiger partial charge >= 0.3 is 0 Å². The molecule has 0 heterocycles.